The van der Waals surface area contributed by atoms with Gasteiger partial charge in [-0.1, -0.05) is 23.7 Å². The molecule has 144 valence electrons. The van der Waals surface area contributed by atoms with E-state index in [1.54, 1.807) is 32.3 Å². The Labute approximate surface area is 170 Å². The first-order chi connectivity index (χ1) is 13.3. The lowest BCUT2D eigenvalue weighted by Gasteiger charge is -2.11. The van der Waals surface area contributed by atoms with Crippen molar-refractivity contribution in [3.05, 3.63) is 76.1 Å². The molecule has 0 aliphatic heterocycles. The molecular weight excluding hydrogens is 406 g/mol. The molecule has 3 rings (SSSR count). The summed E-state index contributed by atoms with van der Waals surface area (Å²) >= 11 is 12.0. The summed E-state index contributed by atoms with van der Waals surface area (Å²) in [4.78, 5) is 30.7. The normalized spacial score (nSPS) is 10.8. The maximum Gasteiger partial charge on any atom is 0.293 e. The van der Waals surface area contributed by atoms with Crippen LogP contribution in [0.3, 0.4) is 0 Å². The Kier molecular flexibility index (Phi) is 5.76. The third-order valence-corrected chi connectivity index (χ3v) is 4.42. The number of halogens is 3. The lowest BCUT2D eigenvalue weighted by atomic mass is 10.0. The van der Waals surface area contributed by atoms with E-state index in [1.807, 2.05) is 0 Å². The van der Waals surface area contributed by atoms with Crippen molar-refractivity contribution in [3.63, 3.8) is 0 Å². The summed E-state index contributed by atoms with van der Waals surface area (Å²) in [7, 11) is 3.14. The number of benzene rings is 2. The van der Waals surface area contributed by atoms with Crippen LogP contribution in [0.2, 0.25) is 5.02 Å². The van der Waals surface area contributed by atoms with Gasteiger partial charge in [-0.25, -0.2) is 14.1 Å². The van der Waals surface area contributed by atoms with Crippen molar-refractivity contribution in [3.8, 4) is 5.69 Å². The first-order valence-electron chi connectivity index (χ1n) is 8.16. The molecule has 0 aliphatic rings. The zero-order valence-corrected chi connectivity index (χ0v) is 16.5. The van der Waals surface area contributed by atoms with Crippen molar-refractivity contribution < 1.29 is 14.0 Å². The van der Waals surface area contributed by atoms with Gasteiger partial charge in [0, 0.05) is 24.7 Å². The molecule has 0 saturated carbocycles. The Morgan fingerprint density at radius 3 is 2.50 bits per heavy atom. The first-order valence-corrected chi connectivity index (χ1v) is 9.07. The van der Waals surface area contributed by atoms with Gasteiger partial charge in [0.1, 0.15) is 11.6 Å². The van der Waals surface area contributed by atoms with E-state index < -0.39 is 17.5 Å². The van der Waals surface area contributed by atoms with Crippen molar-refractivity contribution in [2.24, 2.45) is 0 Å². The molecule has 1 heterocycles. The van der Waals surface area contributed by atoms with Crippen molar-refractivity contribution in [2.75, 3.05) is 14.1 Å². The number of amides is 1. The summed E-state index contributed by atoms with van der Waals surface area (Å²) in [6.45, 7) is 0. The van der Waals surface area contributed by atoms with Gasteiger partial charge in [-0.2, -0.15) is 0 Å². The van der Waals surface area contributed by atoms with E-state index in [-0.39, 0.29) is 28.7 Å². The highest BCUT2D eigenvalue weighted by Crippen LogP contribution is 2.25. The standard InChI is InChI=1S/C19H15Cl2FN4O2/c1-25(2)19(28)18-23-16(10-20)26(24-18)15-8-7-11(21)9-13(15)17(27)12-5-3-4-6-14(12)22/h3-9H,10H2,1-2H3. The Morgan fingerprint density at radius 2 is 1.86 bits per heavy atom. The topological polar surface area (TPSA) is 68.1 Å². The molecule has 1 amide bonds. The number of hydrogen-bond acceptors (Lipinski definition) is 4. The lowest BCUT2D eigenvalue weighted by Crippen LogP contribution is -2.23. The Bertz CT molecular complexity index is 1070. The van der Waals surface area contributed by atoms with Gasteiger partial charge in [-0.3, -0.25) is 9.59 Å². The zero-order chi connectivity index (χ0) is 20.4. The van der Waals surface area contributed by atoms with Gasteiger partial charge >= 0.3 is 0 Å². The zero-order valence-electron chi connectivity index (χ0n) is 15.0. The van der Waals surface area contributed by atoms with Gasteiger partial charge < -0.3 is 4.90 Å². The Hall–Kier alpha value is -2.77. The molecule has 0 atom stereocenters. The fourth-order valence-electron chi connectivity index (χ4n) is 2.58. The highest BCUT2D eigenvalue weighted by Gasteiger charge is 2.23. The molecule has 0 saturated heterocycles. The highest BCUT2D eigenvalue weighted by molar-refractivity contribution is 6.31. The maximum atomic E-state index is 14.1. The number of alkyl halides is 1. The molecule has 0 N–H and O–H groups in total. The van der Waals surface area contributed by atoms with Crippen LogP contribution in [0.5, 0.6) is 0 Å². The summed E-state index contributed by atoms with van der Waals surface area (Å²) in [6.07, 6.45) is 0. The molecule has 0 unspecified atom stereocenters. The van der Waals surface area contributed by atoms with Gasteiger partial charge in [0.15, 0.2) is 5.78 Å². The van der Waals surface area contributed by atoms with E-state index in [0.717, 1.165) is 0 Å². The molecule has 2 aromatic carbocycles. The Balaban J connectivity index is 2.18. The summed E-state index contributed by atoms with van der Waals surface area (Å²) in [5.74, 6) is -1.51. The molecule has 0 bridgehead atoms. The summed E-state index contributed by atoms with van der Waals surface area (Å²) in [5, 5.41) is 4.49. The first kappa shape index (κ1) is 20.0. The molecule has 6 nitrogen and oxygen atoms in total. The number of ketones is 1. The average molecular weight is 421 g/mol. The minimum atomic E-state index is -0.655. The number of carbonyl (C=O) groups is 2. The average Bonchev–Trinajstić information content (AvgIpc) is 3.11. The van der Waals surface area contributed by atoms with Crippen molar-refractivity contribution in [1.29, 1.82) is 0 Å². The van der Waals surface area contributed by atoms with Crippen LogP contribution in [0.25, 0.3) is 5.69 Å². The van der Waals surface area contributed by atoms with Crippen LogP contribution in [0.15, 0.2) is 42.5 Å². The number of hydrogen-bond donors (Lipinski definition) is 0. The number of carbonyl (C=O) groups excluding carboxylic acids is 2. The maximum absolute atomic E-state index is 14.1. The van der Waals surface area contributed by atoms with Crippen LogP contribution in [0.1, 0.15) is 32.4 Å². The molecule has 9 heteroatoms. The molecule has 0 aliphatic carbocycles. The molecule has 0 spiro atoms. The predicted molar refractivity (Wildman–Crippen MR) is 104 cm³/mol. The van der Waals surface area contributed by atoms with Crippen LogP contribution in [0.4, 0.5) is 4.39 Å². The van der Waals surface area contributed by atoms with E-state index in [4.69, 9.17) is 23.2 Å². The molecule has 0 radical (unpaired) electrons. The number of rotatable bonds is 5. The third kappa shape index (κ3) is 3.76. The van der Waals surface area contributed by atoms with Crippen LogP contribution < -0.4 is 0 Å². The van der Waals surface area contributed by atoms with Crippen LogP contribution in [-0.4, -0.2) is 45.5 Å². The van der Waals surface area contributed by atoms with Gasteiger partial charge in [-0.15, -0.1) is 16.7 Å². The van der Waals surface area contributed by atoms with E-state index in [2.05, 4.69) is 10.1 Å². The minimum Gasteiger partial charge on any atom is -0.342 e. The van der Waals surface area contributed by atoms with Gasteiger partial charge in [0.05, 0.1) is 17.1 Å². The second kappa shape index (κ2) is 8.08. The fraction of sp³-hybridized carbons (Fsp3) is 0.158. The highest BCUT2D eigenvalue weighted by atomic mass is 35.5. The van der Waals surface area contributed by atoms with Crippen molar-refractivity contribution in [2.45, 2.75) is 5.88 Å². The van der Waals surface area contributed by atoms with E-state index in [1.165, 1.54) is 33.8 Å². The second-order valence-corrected chi connectivity index (χ2v) is 6.77. The number of nitrogens with zero attached hydrogens (tertiary/aromatic N) is 4. The summed E-state index contributed by atoms with van der Waals surface area (Å²) in [5.41, 5.74) is 0.291. The van der Waals surface area contributed by atoms with Crippen molar-refractivity contribution in [1.82, 2.24) is 19.7 Å². The molecular formula is C19H15Cl2FN4O2. The van der Waals surface area contributed by atoms with E-state index >= 15 is 0 Å². The number of aromatic nitrogens is 3. The third-order valence-electron chi connectivity index (χ3n) is 3.94. The minimum absolute atomic E-state index is 0.0519. The largest absolute Gasteiger partial charge is 0.342 e. The van der Waals surface area contributed by atoms with Crippen LogP contribution in [-0.2, 0) is 5.88 Å². The summed E-state index contributed by atoms with van der Waals surface area (Å²) < 4.78 is 15.4. The molecule has 3 aromatic rings. The monoisotopic (exact) mass is 420 g/mol. The Morgan fingerprint density at radius 1 is 1.14 bits per heavy atom. The fourth-order valence-corrected chi connectivity index (χ4v) is 2.92. The summed E-state index contributed by atoms with van der Waals surface area (Å²) in [6, 6.07) is 10.2. The van der Waals surface area contributed by atoms with Gasteiger partial charge in [0.2, 0.25) is 5.82 Å². The van der Waals surface area contributed by atoms with Crippen LogP contribution in [0, 0.1) is 5.82 Å². The molecule has 0 fully saturated rings. The van der Waals surface area contributed by atoms with Gasteiger partial charge in [0.25, 0.3) is 5.91 Å². The smallest absolute Gasteiger partial charge is 0.293 e. The van der Waals surface area contributed by atoms with E-state index in [0.29, 0.717) is 10.7 Å². The second-order valence-electron chi connectivity index (χ2n) is 6.07. The SMILES string of the molecule is CN(C)C(=O)c1nc(CCl)n(-c2ccc(Cl)cc2C(=O)c2ccccc2F)n1. The van der Waals surface area contributed by atoms with Gasteiger partial charge in [-0.05, 0) is 30.3 Å². The molecule has 1 aromatic heterocycles. The molecule has 28 heavy (non-hydrogen) atoms. The lowest BCUT2D eigenvalue weighted by molar-refractivity contribution is 0.0815. The van der Waals surface area contributed by atoms with Crippen molar-refractivity contribution >= 4 is 34.9 Å². The van der Waals surface area contributed by atoms with Crippen LogP contribution >= 0.6 is 23.2 Å². The quantitative estimate of drug-likeness (QED) is 0.465. The predicted octanol–water partition coefficient (Wildman–Crippen LogP) is 3.73. The van der Waals surface area contributed by atoms with E-state index in [9.17, 15) is 14.0 Å².